The molecule has 0 radical (unpaired) electrons. The zero-order valence-corrected chi connectivity index (χ0v) is 11.0. The van der Waals surface area contributed by atoms with E-state index in [1.54, 1.807) is 13.0 Å². The van der Waals surface area contributed by atoms with Crippen molar-refractivity contribution in [2.45, 2.75) is 20.8 Å². The zero-order valence-electron chi connectivity index (χ0n) is 10.1. The van der Waals surface area contributed by atoms with Crippen LogP contribution in [0.25, 0.3) is 10.8 Å². The van der Waals surface area contributed by atoms with E-state index >= 15 is 0 Å². The summed E-state index contributed by atoms with van der Waals surface area (Å²) in [5, 5.41) is 2.23. The van der Waals surface area contributed by atoms with Crippen LogP contribution >= 0.6 is 7.94 Å². The molecule has 2 aromatic carbocycles. The van der Waals surface area contributed by atoms with Crippen molar-refractivity contribution in [3.05, 3.63) is 41.0 Å². The first-order valence-corrected chi connectivity index (χ1v) is 7.03. The Labute approximate surface area is 101 Å². The van der Waals surface area contributed by atoms with Gasteiger partial charge in [0.05, 0.1) is 0 Å². The van der Waals surface area contributed by atoms with Gasteiger partial charge in [0.15, 0.2) is 5.30 Å². The molecule has 2 rings (SSSR count). The third-order valence-electron chi connectivity index (χ3n) is 2.94. The monoisotopic (exact) mass is 251 g/mol. The van der Waals surface area contributed by atoms with Gasteiger partial charge in [-0.1, -0.05) is 17.7 Å². The van der Waals surface area contributed by atoms with Crippen molar-refractivity contribution >= 4 is 24.0 Å². The van der Waals surface area contributed by atoms with Gasteiger partial charge in [-0.25, -0.2) is 0 Å². The molecule has 2 aromatic rings. The van der Waals surface area contributed by atoms with Gasteiger partial charge in [-0.15, -0.1) is 0 Å². The van der Waals surface area contributed by atoms with Crippen LogP contribution in [0.5, 0.6) is 0 Å². The number of fused-ring (bicyclic) bond motifs is 1. The third kappa shape index (κ3) is 2.33. The summed E-state index contributed by atoms with van der Waals surface area (Å²) >= 11 is 0. The second-order valence-electron chi connectivity index (χ2n) is 4.51. The Kier molecular flexibility index (Phi) is 2.96. The van der Waals surface area contributed by atoms with E-state index < -0.39 is 7.94 Å². The van der Waals surface area contributed by atoms with Crippen molar-refractivity contribution in [1.29, 1.82) is 0 Å². The Hall–Kier alpha value is -0.990. The molecule has 0 fully saturated rings. The smallest absolute Gasteiger partial charge is 0.189 e. The van der Waals surface area contributed by atoms with E-state index in [-0.39, 0.29) is 5.30 Å². The number of rotatable bonds is 1. The molecule has 0 aliphatic heterocycles. The Bertz CT molecular complexity index is 585. The predicted octanol–water partition coefficient (Wildman–Crippen LogP) is 2.13. The predicted molar refractivity (Wildman–Crippen MR) is 71.4 cm³/mol. The van der Waals surface area contributed by atoms with Crippen molar-refractivity contribution in [2.75, 3.05) is 0 Å². The molecule has 0 unspecified atom stereocenters. The van der Waals surface area contributed by atoms with E-state index in [1.807, 2.05) is 32.0 Å². The van der Waals surface area contributed by atoms with E-state index in [9.17, 15) is 14.7 Å². The lowest BCUT2D eigenvalue weighted by Crippen LogP contribution is -2.13. The lowest BCUT2D eigenvalue weighted by atomic mass is 10.0. The maximum absolute atomic E-state index is 9.40. The van der Waals surface area contributed by atoms with Crippen molar-refractivity contribution < 1.29 is 14.7 Å². The molecular formula is C13H16O3P+. The van der Waals surface area contributed by atoms with Gasteiger partial charge in [0.2, 0.25) is 0 Å². The highest BCUT2D eigenvalue weighted by molar-refractivity contribution is 7.66. The molecule has 0 aliphatic carbocycles. The highest BCUT2D eigenvalue weighted by atomic mass is 31.2. The lowest BCUT2D eigenvalue weighted by Gasteiger charge is -2.10. The third-order valence-corrected chi connectivity index (χ3v) is 4.07. The van der Waals surface area contributed by atoms with E-state index in [0.29, 0.717) is 5.56 Å². The first-order valence-electron chi connectivity index (χ1n) is 5.38. The molecule has 0 bridgehead atoms. The topological polar surface area (TPSA) is 60.7 Å². The summed E-state index contributed by atoms with van der Waals surface area (Å²) in [7, 11) is -3.94. The molecule has 90 valence electrons. The van der Waals surface area contributed by atoms with Crippen molar-refractivity contribution in [1.82, 2.24) is 0 Å². The number of aryl methyl sites for hydroxylation is 3. The van der Waals surface area contributed by atoms with Crippen molar-refractivity contribution in [3.8, 4) is 0 Å². The first kappa shape index (κ1) is 12.5. The minimum atomic E-state index is -3.94. The van der Waals surface area contributed by atoms with Crippen LogP contribution in [-0.2, 0) is 0 Å². The van der Waals surface area contributed by atoms with E-state index in [0.717, 1.165) is 16.3 Å². The van der Waals surface area contributed by atoms with Gasteiger partial charge in [-0.2, -0.15) is 14.7 Å². The molecule has 0 heterocycles. The molecule has 0 amide bonds. The molecule has 0 spiro atoms. The number of hydrogen-bond donors (Lipinski definition) is 3. The van der Waals surface area contributed by atoms with Gasteiger partial charge in [0.25, 0.3) is 0 Å². The van der Waals surface area contributed by atoms with Crippen molar-refractivity contribution in [2.24, 2.45) is 0 Å². The Balaban J connectivity index is 2.81. The fourth-order valence-corrected chi connectivity index (χ4v) is 3.05. The van der Waals surface area contributed by atoms with Crippen LogP contribution in [0.4, 0.5) is 0 Å². The molecule has 3 nitrogen and oxygen atoms in total. The Morgan fingerprint density at radius 2 is 1.47 bits per heavy atom. The van der Waals surface area contributed by atoms with Crippen LogP contribution in [-0.4, -0.2) is 14.7 Å². The van der Waals surface area contributed by atoms with E-state index in [4.69, 9.17) is 0 Å². The molecule has 17 heavy (non-hydrogen) atoms. The lowest BCUT2D eigenvalue weighted by molar-refractivity contribution is 0.347. The maximum Gasteiger partial charge on any atom is 0.441 e. The van der Waals surface area contributed by atoms with Gasteiger partial charge in [0.1, 0.15) is 0 Å². The molecule has 0 aliphatic rings. The van der Waals surface area contributed by atoms with Crippen LogP contribution in [0.15, 0.2) is 24.3 Å². The van der Waals surface area contributed by atoms with E-state index in [1.165, 1.54) is 5.56 Å². The maximum atomic E-state index is 9.40. The number of hydrogen-bond acceptors (Lipinski definition) is 3. The Morgan fingerprint density at radius 3 is 2.06 bits per heavy atom. The van der Waals surface area contributed by atoms with Crippen LogP contribution < -0.4 is 5.30 Å². The van der Waals surface area contributed by atoms with Gasteiger partial charge in [-0.3, -0.25) is 0 Å². The largest absolute Gasteiger partial charge is 0.441 e. The van der Waals surface area contributed by atoms with E-state index in [2.05, 4.69) is 0 Å². The summed E-state index contributed by atoms with van der Waals surface area (Å²) in [4.78, 5) is 28.2. The zero-order chi connectivity index (χ0) is 12.8. The average Bonchev–Trinajstić information content (AvgIpc) is 2.13. The van der Waals surface area contributed by atoms with Crippen LogP contribution in [0.2, 0.25) is 0 Å². The fourth-order valence-electron chi connectivity index (χ4n) is 2.21. The Morgan fingerprint density at radius 1 is 0.824 bits per heavy atom. The van der Waals surface area contributed by atoms with Gasteiger partial charge in [-0.05, 0) is 49.2 Å². The summed E-state index contributed by atoms with van der Waals surface area (Å²) in [6.45, 7) is 5.77. The van der Waals surface area contributed by atoms with Gasteiger partial charge < -0.3 is 0 Å². The summed E-state index contributed by atoms with van der Waals surface area (Å²) in [6, 6.07) is 7.63. The summed E-state index contributed by atoms with van der Waals surface area (Å²) in [6.07, 6.45) is 0. The normalized spacial score (nSPS) is 12.1. The molecule has 3 N–H and O–H groups in total. The second kappa shape index (κ2) is 4.04. The molecule has 0 saturated carbocycles. The average molecular weight is 251 g/mol. The second-order valence-corrected chi connectivity index (χ2v) is 6.13. The molecular weight excluding hydrogens is 235 g/mol. The standard InChI is InChI=1S/C13H16O3P/c1-8-4-9(2)12-7-13(17(14,15)16)10(3)6-11(12)5-8/h4-7,14-16H,1-3H3/q+1. The first-order chi connectivity index (χ1) is 7.79. The minimum absolute atomic E-state index is 0.233. The fraction of sp³-hybridized carbons (Fsp3) is 0.231. The number of benzene rings is 2. The van der Waals surface area contributed by atoms with Crippen LogP contribution in [0.1, 0.15) is 16.7 Å². The SMILES string of the molecule is Cc1cc(C)c2cc([P+](O)(O)O)c(C)cc2c1. The van der Waals surface area contributed by atoms with Crippen molar-refractivity contribution in [3.63, 3.8) is 0 Å². The molecule has 0 saturated heterocycles. The van der Waals surface area contributed by atoms with Crippen LogP contribution in [0.3, 0.4) is 0 Å². The highest BCUT2D eigenvalue weighted by Gasteiger charge is 2.36. The molecule has 0 aromatic heterocycles. The minimum Gasteiger partial charge on any atom is -0.189 e. The molecule has 4 heteroatoms. The summed E-state index contributed by atoms with van der Waals surface area (Å²) in [5.41, 5.74) is 2.93. The summed E-state index contributed by atoms with van der Waals surface area (Å²) < 4.78 is 0. The van der Waals surface area contributed by atoms with Gasteiger partial charge >= 0.3 is 7.94 Å². The highest BCUT2D eigenvalue weighted by Crippen LogP contribution is 2.44. The van der Waals surface area contributed by atoms with Crippen LogP contribution in [0, 0.1) is 20.8 Å². The van der Waals surface area contributed by atoms with Gasteiger partial charge in [0, 0.05) is 5.56 Å². The molecule has 0 atom stereocenters. The summed E-state index contributed by atoms with van der Waals surface area (Å²) in [5.74, 6) is 0. The quantitative estimate of drug-likeness (QED) is 0.680.